The Labute approximate surface area is 158 Å². The van der Waals surface area contributed by atoms with Gasteiger partial charge in [0.05, 0.1) is 11.9 Å². The summed E-state index contributed by atoms with van der Waals surface area (Å²) in [7, 11) is -3.50. The number of sulfonamides is 1. The molecule has 0 aromatic heterocycles. The maximum atomic E-state index is 13.2. The molecule has 0 spiro atoms. The normalized spacial score (nSPS) is 11.3. The van der Waals surface area contributed by atoms with Crippen LogP contribution in [0, 0.1) is 25.5 Å². The molecule has 2 aromatic carbocycles. The number of hydrogen-bond donors (Lipinski definition) is 1. The van der Waals surface area contributed by atoms with E-state index in [-0.39, 0.29) is 25.1 Å². The number of carbonyl (C=O) groups is 1. The molecule has 0 atom stereocenters. The zero-order valence-corrected chi connectivity index (χ0v) is 16.2. The van der Waals surface area contributed by atoms with E-state index in [1.165, 1.54) is 10.4 Å². The van der Waals surface area contributed by atoms with E-state index in [1.807, 2.05) is 19.9 Å². The van der Waals surface area contributed by atoms with Crippen molar-refractivity contribution in [2.45, 2.75) is 26.7 Å². The van der Waals surface area contributed by atoms with Crippen LogP contribution in [-0.4, -0.2) is 27.1 Å². The fraction of sp³-hybridized carbons (Fsp3) is 0.316. The highest BCUT2D eigenvalue weighted by Gasteiger charge is 2.18. The Bertz CT molecular complexity index is 946. The summed E-state index contributed by atoms with van der Waals surface area (Å²) in [5, 5.41) is 2.47. The number of carbonyl (C=O) groups excluding carboxylic acids is 1. The Morgan fingerprint density at radius 1 is 1.04 bits per heavy atom. The van der Waals surface area contributed by atoms with Gasteiger partial charge in [0.2, 0.25) is 15.9 Å². The first kappa shape index (κ1) is 20.8. The zero-order chi connectivity index (χ0) is 20.2. The van der Waals surface area contributed by atoms with Crippen molar-refractivity contribution in [3.8, 4) is 0 Å². The van der Waals surface area contributed by atoms with E-state index in [0.29, 0.717) is 5.69 Å². The van der Waals surface area contributed by atoms with Crippen LogP contribution in [0.3, 0.4) is 0 Å². The van der Waals surface area contributed by atoms with E-state index >= 15 is 0 Å². The van der Waals surface area contributed by atoms with Crippen molar-refractivity contribution in [3.63, 3.8) is 0 Å². The van der Waals surface area contributed by atoms with Gasteiger partial charge in [0.15, 0.2) is 11.6 Å². The van der Waals surface area contributed by atoms with Crippen LogP contribution < -0.4 is 9.62 Å². The number of amides is 1. The summed E-state index contributed by atoms with van der Waals surface area (Å²) < 4.78 is 51.6. The Kier molecular flexibility index (Phi) is 6.54. The first-order valence-corrected chi connectivity index (χ1v) is 10.2. The monoisotopic (exact) mass is 396 g/mol. The van der Waals surface area contributed by atoms with Gasteiger partial charge in [-0.1, -0.05) is 6.07 Å². The molecule has 1 amide bonds. The standard InChI is InChI=1S/C19H22F2N2O3S/c1-13-6-8-16(11-14(13)2)23(27(3,25)26)10-4-5-19(24)22-15-7-9-17(20)18(21)12-15/h6-9,11-12H,4-5,10H2,1-3H3,(H,22,24). The second-order valence-corrected chi connectivity index (χ2v) is 8.29. The molecule has 2 aromatic rings. The van der Waals surface area contributed by atoms with Crippen molar-refractivity contribution in [3.05, 3.63) is 59.2 Å². The van der Waals surface area contributed by atoms with Crippen LogP contribution in [0.1, 0.15) is 24.0 Å². The quantitative estimate of drug-likeness (QED) is 0.775. The van der Waals surface area contributed by atoms with E-state index in [4.69, 9.17) is 0 Å². The molecule has 0 aliphatic rings. The average Bonchev–Trinajstić information content (AvgIpc) is 2.57. The maximum Gasteiger partial charge on any atom is 0.232 e. The fourth-order valence-electron chi connectivity index (χ4n) is 2.55. The third-order valence-electron chi connectivity index (χ3n) is 4.15. The van der Waals surface area contributed by atoms with Crippen LogP contribution in [0.25, 0.3) is 0 Å². The summed E-state index contributed by atoms with van der Waals surface area (Å²) in [6.45, 7) is 3.97. The number of nitrogens with one attached hydrogen (secondary N) is 1. The lowest BCUT2D eigenvalue weighted by Crippen LogP contribution is -2.31. The van der Waals surface area contributed by atoms with Crippen molar-refractivity contribution >= 4 is 27.3 Å². The highest BCUT2D eigenvalue weighted by Crippen LogP contribution is 2.22. The molecule has 0 saturated heterocycles. The Morgan fingerprint density at radius 2 is 1.74 bits per heavy atom. The van der Waals surface area contributed by atoms with Gasteiger partial charge < -0.3 is 5.32 Å². The molecule has 0 unspecified atom stereocenters. The van der Waals surface area contributed by atoms with Gasteiger partial charge in [-0.25, -0.2) is 17.2 Å². The SMILES string of the molecule is Cc1ccc(N(CCCC(=O)Nc2ccc(F)c(F)c2)S(C)(=O)=O)cc1C. The molecule has 0 bridgehead atoms. The van der Waals surface area contributed by atoms with Crippen molar-refractivity contribution < 1.29 is 22.0 Å². The predicted molar refractivity (Wildman–Crippen MR) is 102 cm³/mol. The van der Waals surface area contributed by atoms with E-state index in [0.717, 1.165) is 29.5 Å². The molecule has 0 saturated carbocycles. The number of halogens is 2. The minimum Gasteiger partial charge on any atom is -0.326 e. The van der Waals surface area contributed by atoms with Gasteiger partial charge in [0.25, 0.3) is 0 Å². The zero-order valence-electron chi connectivity index (χ0n) is 15.4. The third kappa shape index (κ3) is 5.75. The number of anilines is 2. The number of hydrogen-bond acceptors (Lipinski definition) is 3. The van der Waals surface area contributed by atoms with Gasteiger partial charge in [0, 0.05) is 24.7 Å². The molecule has 0 fully saturated rings. The average molecular weight is 396 g/mol. The summed E-state index contributed by atoms with van der Waals surface area (Å²) in [5.74, 6) is -2.45. The lowest BCUT2D eigenvalue weighted by molar-refractivity contribution is -0.116. The summed E-state index contributed by atoms with van der Waals surface area (Å²) >= 11 is 0. The molecule has 8 heteroatoms. The Balaban J connectivity index is 1.99. The molecule has 0 heterocycles. The number of aryl methyl sites for hydroxylation is 2. The summed E-state index contributed by atoms with van der Waals surface area (Å²) in [4.78, 5) is 12.0. The topological polar surface area (TPSA) is 66.5 Å². The van der Waals surface area contributed by atoms with Gasteiger partial charge in [-0.3, -0.25) is 9.10 Å². The molecule has 0 aliphatic carbocycles. The molecular weight excluding hydrogens is 374 g/mol. The van der Waals surface area contributed by atoms with Crippen LogP contribution in [0.4, 0.5) is 20.2 Å². The molecule has 0 aliphatic heterocycles. The van der Waals surface area contributed by atoms with E-state index in [1.54, 1.807) is 12.1 Å². The molecule has 146 valence electrons. The van der Waals surface area contributed by atoms with Gasteiger partial charge >= 0.3 is 0 Å². The van der Waals surface area contributed by atoms with Gasteiger partial charge in [0.1, 0.15) is 0 Å². The van der Waals surface area contributed by atoms with Crippen molar-refractivity contribution in [2.75, 3.05) is 22.4 Å². The number of benzene rings is 2. The van der Waals surface area contributed by atoms with Crippen LogP contribution in [0.15, 0.2) is 36.4 Å². The Hall–Kier alpha value is -2.48. The summed E-state index contributed by atoms with van der Waals surface area (Å²) in [5.41, 5.74) is 2.71. The van der Waals surface area contributed by atoms with Crippen LogP contribution in [0.2, 0.25) is 0 Å². The smallest absolute Gasteiger partial charge is 0.232 e. The predicted octanol–water partition coefficient (Wildman–Crippen LogP) is 3.77. The first-order valence-electron chi connectivity index (χ1n) is 8.38. The minimum atomic E-state index is -3.50. The lowest BCUT2D eigenvalue weighted by Gasteiger charge is -2.23. The van der Waals surface area contributed by atoms with E-state index in [9.17, 15) is 22.0 Å². The van der Waals surface area contributed by atoms with Crippen LogP contribution >= 0.6 is 0 Å². The molecule has 27 heavy (non-hydrogen) atoms. The first-order chi connectivity index (χ1) is 12.6. The van der Waals surface area contributed by atoms with Gasteiger partial charge in [-0.05, 0) is 55.7 Å². The molecule has 1 N–H and O–H groups in total. The summed E-state index contributed by atoms with van der Waals surface area (Å²) in [6, 6.07) is 8.44. The molecule has 2 rings (SSSR count). The Morgan fingerprint density at radius 3 is 2.33 bits per heavy atom. The fourth-order valence-corrected chi connectivity index (χ4v) is 3.50. The van der Waals surface area contributed by atoms with Crippen molar-refractivity contribution in [1.82, 2.24) is 0 Å². The number of nitrogens with zero attached hydrogens (tertiary/aromatic N) is 1. The molecule has 0 radical (unpaired) electrons. The van der Waals surface area contributed by atoms with E-state index < -0.39 is 27.6 Å². The van der Waals surface area contributed by atoms with Gasteiger partial charge in [-0.15, -0.1) is 0 Å². The van der Waals surface area contributed by atoms with E-state index in [2.05, 4.69) is 5.32 Å². The molecular formula is C19H22F2N2O3S. The minimum absolute atomic E-state index is 0.0376. The van der Waals surface area contributed by atoms with Gasteiger partial charge in [-0.2, -0.15) is 0 Å². The largest absolute Gasteiger partial charge is 0.326 e. The van der Waals surface area contributed by atoms with Crippen LogP contribution in [0.5, 0.6) is 0 Å². The lowest BCUT2D eigenvalue weighted by atomic mass is 10.1. The summed E-state index contributed by atoms with van der Waals surface area (Å²) in [6.07, 6.45) is 1.43. The second kappa shape index (κ2) is 8.47. The number of rotatable bonds is 7. The second-order valence-electron chi connectivity index (χ2n) is 6.38. The van der Waals surface area contributed by atoms with Crippen molar-refractivity contribution in [2.24, 2.45) is 0 Å². The highest BCUT2D eigenvalue weighted by molar-refractivity contribution is 7.92. The highest BCUT2D eigenvalue weighted by atomic mass is 32.2. The van der Waals surface area contributed by atoms with Crippen molar-refractivity contribution in [1.29, 1.82) is 0 Å². The van der Waals surface area contributed by atoms with Crippen LogP contribution in [-0.2, 0) is 14.8 Å². The third-order valence-corrected chi connectivity index (χ3v) is 5.34. The molecule has 5 nitrogen and oxygen atoms in total. The maximum absolute atomic E-state index is 13.2.